The van der Waals surface area contributed by atoms with Gasteiger partial charge in [0.15, 0.2) is 0 Å². The van der Waals surface area contributed by atoms with Crippen LogP contribution in [-0.2, 0) is 0 Å². The van der Waals surface area contributed by atoms with Gasteiger partial charge in [0, 0.05) is 12.4 Å². The molecular weight excluding hydrogens is 194 g/mol. The minimum atomic E-state index is 0.168. The predicted molar refractivity (Wildman–Crippen MR) is 43.8 cm³/mol. The highest BCUT2D eigenvalue weighted by Gasteiger charge is 2.05. The number of alkyl halides is 1. The first-order chi connectivity index (χ1) is 4.72. The Hall–Kier alpha value is -0.640. The molecule has 4 heteroatoms. The molecule has 3 nitrogen and oxygen atoms in total. The molecule has 0 aromatic carbocycles. The Morgan fingerprint density at radius 1 is 1.50 bits per heavy atom. The van der Waals surface area contributed by atoms with Crippen molar-refractivity contribution in [1.82, 2.24) is 9.97 Å². The number of nitrogens with two attached hydrogens (primary N) is 1. The van der Waals surface area contributed by atoms with Gasteiger partial charge in [0.05, 0.1) is 10.5 Å². The summed E-state index contributed by atoms with van der Waals surface area (Å²) in [6.07, 6.45) is 3.21. The van der Waals surface area contributed by atoms with Crippen LogP contribution in [0.1, 0.15) is 17.4 Å². The van der Waals surface area contributed by atoms with Gasteiger partial charge in [-0.3, -0.25) is 4.98 Å². The monoisotopic (exact) mass is 201 g/mol. The van der Waals surface area contributed by atoms with E-state index in [9.17, 15) is 0 Å². The fourth-order valence-electron chi connectivity index (χ4n) is 0.666. The summed E-state index contributed by atoms with van der Waals surface area (Å²) in [5.74, 6) is 0.492. The zero-order valence-electron chi connectivity index (χ0n) is 5.58. The average molecular weight is 202 g/mol. The van der Waals surface area contributed by atoms with Crippen LogP contribution in [-0.4, -0.2) is 9.97 Å². The van der Waals surface area contributed by atoms with Crippen molar-refractivity contribution in [2.45, 2.75) is 11.8 Å². The van der Waals surface area contributed by atoms with Gasteiger partial charge in [0.1, 0.15) is 5.82 Å². The first kappa shape index (κ1) is 7.47. The minimum absolute atomic E-state index is 0.168. The number of anilines is 1. The Bertz CT molecular complexity index is 224. The smallest absolute Gasteiger partial charge is 0.146 e. The molecule has 0 amide bonds. The number of nitrogens with zero attached hydrogens (tertiary/aromatic N) is 2. The highest BCUT2D eigenvalue weighted by Crippen LogP contribution is 2.22. The molecule has 2 N–H and O–H groups in total. The van der Waals surface area contributed by atoms with Crippen LogP contribution in [0.25, 0.3) is 0 Å². The number of halogens is 1. The van der Waals surface area contributed by atoms with Crippen LogP contribution in [0.2, 0.25) is 0 Å². The molecule has 0 spiro atoms. The van der Waals surface area contributed by atoms with Gasteiger partial charge in [-0.25, -0.2) is 4.98 Å². The van der Waals surface area contributed by atoms with E-state index in [4.69, 9.17) is 5.73 Å². The molecule has 0 fully saturated rings. The summed E-state index contributed by atoms with van der Waals surface area (Å²) in [5, 5.41) is 0. The lowest BCUT2D eigenvalue weighted by molar-refractivity contribution is 1.00. The molecule has 10 heavy (non-hydrogen) atoms. The summed E-state index contributed by atoms with van der Waals surface area (Å²) in [4.78, 5) is 8.10. The topological polar surface area (TPSA) is 51.8 Å². The average Bonchev–Trinajstić information content (AvgIpc) is 1.88. The second-order valence-corrected chi connectivity index (χ2v) is 3.32. The Morgan fingerprint density at radius 2 is 2.10 bits per heavy atom. The lowest BCUT2D eigenvalue weighted by Crippen LogP contribution is -1.99. The van der Waals surface area contributed by atoms with E-state index in [2.05, 4.69) is 25.9 Å². The number of hydrogen-bond acceptors (Lipinski definition) is 3. The first-order valence-electron chi connectivity index (χ1n) is 2.92. The van der Waals surface area contributed by atoms with Gasteiger partial charge in [-0.05, 0) is 6.92 Å². The Morgan fingerprint density at radius 3 is 2.50 bits per heavy atom. The van der Waals surface area contributed by atoms with Gasteiger partial charge in [-0.2, -0.15) is 0 Å². The van der Waals surface area contributed by atoms with Crippen molar-refractivity contribution in [3.05, 3.63) is 18.1 Å². The zero-order chi connectivity index (χ0) is 7.56. The Balaban J connectivity index is 3.03. The fourth-order valence-corrected chi connectivity index (χ4v) is 1.02. The quantitative estimate of drug-likeness (QED) is 0.702. The molecule has 0 aliphatic carbocycles. The maximum Gasteiger partial charge on any atom is 0.146 e. The van der Waals surface area contributed by atoms with Gasteiger partial charge in [-0.1, -0.05) is 15.9 Å². The number of nitrogen functional groups attached to an aromatic ring is 1. The van der Waals surface area contributed by atoms with Crippen molar-refractivity contribution < 1.29 is 0 Å². The van der Waals surface area contributed by atoms with Gasteiger partial charge in [-0.15, -0.1) is 0 Å². The van der Waals surface area contributed by atoms with Gasteiger partial charge < -0.3 is 5.73 Å². The second-order valence-electron chi connectivity index (χ2n) is 1.94. The first-order valence-corrected chi connectivity index (χ1v) is 3.84. The highest BCUT2D eigenvalue weighted by molar-refractivity contribution is 9.09. The summed E-state index contributed by atoms with van der Waals surface area (Å²) in [6, 6.07) is 0. The molecule has 1 unspecified atom stereocenters. The van der Waals surface area contributed by atoms with Crippen LogP contribution >= 0.6 is 15.9 Å². The second kappa shape index (κ2) is 2.96. The molecular formula is C6H8BrN3. The minimum Gasteiger partial charge on any atom is -0.382 e. The maximum absolute atomic E-state index is 5.52. The van der Waals surface area contributed by atoms with Crippen molar-refractivity contribution >= 4 is 21.7 Å². The number of aromatic nitrogens is 2. The molecule has 0 saturated carbocycles. The van der Waals surface area contributed by atoms with Crippen molar-refractivity contribution in [3.8, 4) is 0 Å². The molecule has 0 aliphatic rings. The van der Waals surface area contributed by atoms with Crippen LogP contribution in [0.3, 0.4) is 0 Å². The van der Waals surface area contributed by atoms with E-state index in [1.165, 1.54) is 0 Å². The van der Waals surface area contributed by atoms with E-state index >= 15 is 0 Å². The largest absolute Gasteiger partial charge is 0.382 e. The number of hydrogen-bond donors (Lipinski definition) is 1. The Labute approximate surface area is 67.8 Å². The predicted octanol–water partition coefficient (Wildman–Crippen LogP) is 1.51. The van der Waals surface area contributed by atoms with Crippen LogP contribution in [0.4, 0.5) is 5.82 Å². The molecule has 54 valence electrons. The summed E-state index contributed by atoms with van der Waals surface area (Å²) < 4.78 is 0. The zero-order valence-corrected chi connectivity index (χ0v) is 7.17. The summed E-state index contributed by atoms with van der Waals surface area (Å²) >= 11 is 3.35. The van der Waals surface area contributed by atoms with Crippen LogP contribution in [0.5, 0.6) is 0 Å². The molecule has 1 aromatic heterocycles. The molecule has 1 aromatic rings. The maximum atomic E-state index is 5.52. The summed E-state index contributed by atoms with van der Waals surface area (Å²) in [6.45, 7) is 1.96. The third-order valence-corrected chi connectivity index (χ3v) is 1.57. The molecule has 0 saturated heterocycles. The van der Waals surface area contributed by atoms with Gasteiger partial charge in [0.25, 0.3) is 0 Å². The van der Waals surface area contributed by atoms with Crippen molar-refractivity contribution in [3.63, 3.8) is 0 Å². The van der Waals surface area contributed by atoms with Crippen LogP contribution in [0, 0.1) is 0 Å². The fraction of sp³-hybridized carbons (Fsp3) is 0.333. The normalized spacial score (nSPS) is 13.0. The van der Waals surface area contributed by atoms with E-state index in [1.807, 2.05) is 6.92 Å². The van der Waals surface area contributed by atoms with E-state index in [1.54, 1.807) is 12.4 Å². The molecule has 1 heterocycles. The van der Waals surface area contributed by atoms with Crippen molar-refractivity contribution in [1.29, 1.82) is 0 Å². The van der Waals surface area contributed by atoms with Gasteiger partial charge >= 0.3 is 0 Å². The van der Waals surface area contributed by atoms with Gasteiger partial charge in [0.2, 0.25) is 0 Å². The van der Waals surface area contributed by atoms with Crippen LogP contribution < -0.4 is 5.73 Å². The lowest BCUT2D eigenvalue weighted by atomic mass is 10.3. The van der Waals surface area contributed by atoms with Crippen molar-refractivity contribution in [2.24, 2.45) is 0 Å². The third-order valence-electron chi connectivity index (χ3n) is 1.13. The van der Waals surface area contributed by atoms with E-state index in [0.717, 1.165) is 5.69 Å². The molecule has 0 aliphatic heterocycles. The lowest BCUT2D eigenvalue weighted by Gasteiger charge is -2.02. The highest BCUT2D eigenvalue weighted by atomic mass is 79.9. The summed E-state index contributed by atoms with van der Waals surface area (Å²) in [5.41, 5.74) is 6.31. The van der Waals surface area contributed by atoms with E-state index < -0.39 is 0 Å². The Kier molecular flexibility index (Phi) is 2.21. The summed E-state index contributed by atoms with van der Waals surface area (Å²) in [7, 11) is 0. The molecule has 1 rings (SSSR count). The molecule has 0 radical (unpaired) electrons. The molecule has 0 bridgehead atoms. The molecule has 1 atom stereocenters. The van der Waals surface area contributed by atoms with E-state index in [0.29, 0.717) is 5.82 Å². The van der Waals surface area contributed by atoms with E-state index in [-0.39, 0.29) is 4.83 Å². The van der Waals surface area contributed by atoms with Crippen molar-refractivity contribution in [2.75, 3.05) is 5.73 Å². The number of rotatable bonds is 1. The standard InChI is InChI=1S/C6H8BrN3/c1-4(7)5-6(8)10-3-2-9-5/h2-4H,1H3,(H2,8,10). The SMILES string of the molecule is CC(Br)c1nccnc1N. The van der Waals surface area contributed by atoms with Crippen LogP contribution in [0.15, 0.2) is 12.4 Å². The third kappa shape index (κ3) is 1.44.